The normalized spacial score (nSPS) is 10.9. The minimum Gasteiger partial charge on any atom is -0.383 e. The van der Waals surface area contributed by atoms with E-state index in [9.17, 15) is 9.59 Å². The van der Waals surface area contributed by atoms with Crippen molar-refractivity contribution >= 4 is 11.8 Å². The van der Waals surface area contributed by atoms with Crippen LogP contribution in [-0.2, 0) is 19.7 Å². The summed E-state index contributed by atoms with van der Waals surface area (Å²) in [6.45, 7) is 4.53. The van der Waals surface area contributed by atoms with E-state index in [1.165, 1.54) is 0 Å². The van der Waals surface area contributed by atoms with E-state index in [-0.39, 0.29) is 18.4 Å². The van der Waals surface area contributed by atoms with Crippen LogP contribution < -0.4 is 10.6 Å². The molecule has 0 unspecified atom stereocenters. The Morgan fingerprint density at radius 1 is 1.15 bits per heavy atom. The first-order valence-electron chi connectivity index (χ1n) is 6.58. The Kier molecular flexibility index (Phi) is 6.18. The third-order valence-electron chi connectivity index (χ3n) is 3.10. The van der Waals surface area contributed by atoms with Gasteiger partial charge in [-0.3, -0.25) is 9.59 Å². The maximum Gasteiger partial charge on any atom is 0.239 e. The predicted molar refractivity (Wildman–Crippen MR) is 77.4 cm³/mol. The lowest BCUT2D eigenvalue weighted by atomic mass is 9.84. The van der Waals surface area contributed by atoms with Crippen molar-refractivity contribution in [3.05, 3.63) is 35.9 Å². The highest BCUT2D eigenvalue weighted by Crippen LogP contribution is 2.22. The summed E-state index contributed by atoms with van der Waals surface area (Å²) in [5.74, 6) is -0.398. The molecule has 0 atom stereocenters. The number of ether oxygens (including phenoxy) is 1. The molecule has 1 aromatic rings. The smallest absolute Gasteiger partial charge is 0.239 e. The molecule has 1 aromatic carbocycles. The van der Waals surface area contributed by atoms with Gasteiger partial charge in [0.15, 0.2) is 0 Å². The number of methoxy groups -OCH3 is 1. The van der Waals surface area contributed by atoms with Gasteiger partial charge in [-0.15, -0.1) is 0 Å². The van der Waals surface area contributed by atoms with E-state index < -0.39 is 5.41 Å². The fourth-order valence-electron chi connectivity index (χ4n) is 1.72. The number of hydrogen-bond acceptors (Lipinski definition) is 3. The molecule has 0 saturated heterocycles. The van der Waals surface area contributed by atoms with Crippen LogP contribution in [0.5, 0.6) is 0 Å². The highest BCUT2D eigenvalue weighted by Gasteiger charge is 2.29. The minimum atomic E-state index is -0.673. The monoisotopic (exact) mass is 278 g/mol. The highest BCUT2D eigenvalue weighted by molar-refractivity contribution is 5.90. The average Bonchev–Trinajstić information content (AvgIpc) is 2.46. The van der Waals surface area contributed by atoms with Gasteiger partial charge in [0.25, 0.3) is 0 Å². The van der Waals surface area contributed by atoms with Crippen LogP contribution in [0.1, 0.15) is 19.4 Å². The first-order valence-corrected chi connectivity index (χ1v) is 6.58. The lowest BCUT2D eigenvalue weighted by Crippen LogP contribution is -2.45. The number of amides is 2. The number of hydrogen-bond donors (Lipinski definition) is 2. The summed E-state index contributed by atoms with van der Waals surface area (Å²) in [4.78, 5) is 23.7. The van der Waals surface area contributed by atoms with Gasteiger partial charge in [0.2, 0.25) is 11.8 Å². The Morgan fingerprint density at radius 2 is 1.80 bits per heavy atom. The van der Waals surface area contributed by atoms with E-state index in [0.29, 0.717) is 13.2 Å². The molecule has 0 fully saturated rings. The van der Waals surface area contributed by atoms with Crippen molar-refractivity contribution < 1.29 is 14.3 Å². The van der Waals surface area contributed by atoms with Crippen LogP contribution in [-0.4, -0.2) is 38.6 Å². The van der Waals surface area contributed by atoms with Gasteiger partial charge in [-0.05, 0) is 19.4 Å². The fraction of sp³-hybridized carbons (Fsp3) is 0.467. The van der Waals surface area contributed by atoms with Gasteiger partial charge in [0, 0.05) is 13.7 Å². The van der Waals surface area contributed by atoms with Gasteiger partial charge < -0.3 is 15.4 Å². The quantitative estimate of drug-likeness (QED) is 0.726. The van der Waals surface area contributed by atoms with Gasteiger partial charge in [0.05, 0.1) is 18.6 Å². The first-order chi connectivity index (χ1) is 9.48. The second-order valence-corrected chi connectivity index (χ2v) is 5.02. The van der Waals surface area contributed by atoms with E-state index >= 15 is 0 Å². The topological polar surface area (TPSA) is 67.4 Å². The summed E-state index contributed by atoms with van der Waals surface area (Å²) in [7, 11) is 1.57. The second kappa shape index (κ2) is 7.65. The molecule has 0 bridgehead atoms. The van der Waals surface area contributed by atoms with Crippen molar-refractivity contribution in [2.24, 2.45) is 0 Å². The Bertz CT molecular complexity index is 444. The van der Waals surface area contributed by atoms with Crippen molar-refractivity contribution in [2.75, 3.05) is 26.8 Å². The van der Waals surface area contributed by atoms with Gasteiger partial charge >= 0.3 is 0 Å². The maximum atomic E-state index is 12.2. The SMILES string of the molecule is COCCNC(=O)CNC(=O)C(C)(C)c1ccccc1. The molecule has 1 rings (SSSR count). The molecule has 0 spiro atoms. The van der Waals surface area contributed by atoms with Gasteiger partial charge in [-0.25, -0.2) is 0 Å². The summed E-state index contributed by atoms with van der Waals surface area (Å²) in [6.07, 6.45) is 0. The van der Waals surface area contributed by atoms with Crippen LogP contribution >= 0.6 is 0 Å². The van der Waals surface area contributed by atoms with E-state index in [2.05, 4.69) is 10.6 Å². The lowest BCUT2D eigenvalue weighted by molar-refractivity contribution is -0.129. The van der Waals surface area contributed by atoms with E-state index in [1.807, 2.05) is 44.2 Å². The van der Waals surface area contributed by atoms with Gasteiger partial charge in [0.1, 0.15) is 0 Å². The molecule has 0 saturated carbocycles. The fourth-order valence-corrected chi connectivity index (χ4v) is 1.72. The molecule has 2 N–H and O–H groups in total. The van der Waals surface area contributed by atoms with Crippen LogP contribution in [0.15, 0.2) is 30.3 Å². The summed E-state index contributed by atoms with van der Waals surface area (Å²) in [5.41, 5.74) is 0.242. The van der Waals surface area contributed by atoms with Crippen molar-refractivity contribution in [1.29, 1.82) is 0 Å². The van der Waals surface area contributed by atoms with E-state index in [1.54, 1.807) is 7.11 Å². The average molecular weight is 278 g/mol. The third-order valence-corrected chi connectivity index (χ3v) is 3.10. The molecule has 110 valence electrons. The Labute approximate surface area is 119 Å². The molecule has 0 aliphatic heterocycles. The van der Waals surface area contributed by atoms with Crippen LogP contribution in [0.4, 0.5) is 0 Å². The minimum absolute atomic E-state index is 0.0290. The summed E-state index contributed by atoms with van der Waals surface area (Å²) < 4.78 is 4.83. The molecule has 2 amide bonds. The Balaban J connectivity index is 2.48. The molecule has 0 aliphatic carbocycles. The van der Waals surface area contributed by atoms with Crippen molar-refractivity contribution in [1.82, 2.24) is 10.6 Å². The van der Waals surface area contributed by atoms with Crippen LogP contribution in [0.3, 0.4) is 0 Å². The zero-order valence-corrected chi connectivity index (χ0v) is 12.2. The summed E-state index contributed by atoms with van der Waals surface area (Å²) in [6, 6.07) is 9.49. The van der Waals surface area contributed by atoms with Gasteiger partial charge in [-0.1, -0.05) is 30.3 Å². The first kappa shape index (κ1) is 16.2. The molecular formula is C15H22N2O3. The largest absolute Gasteiger partial charge is 0.383 e. The lowest BCUT2D eigenvalue weighted by Gasteiger charge is -2.24. The van der Waals surface area contributed by atoms with Crippen LogP contribution in [0, 0.1) is 0 Å². The number of carbonyl (C=O) groups excluding carboxylic acids is 2. The van der Waals surface area contributed by atoms with Crippen LogP contribution in [0.2, 0.25) is 0 Å². The molecule has 5 heteroatoms. The molecule has 5 nitrogen and oxygen atoms in total. The molecule has 0 aliphatic rings. The number of rotatable bonds is 7. The van der Waals surface area contributed by atoms with Crippen molar-refractivity contribution in [3.63, 3.8) is 0 Å². The second-order valence-electron chi connectivity index (χ2n) is 5.02. The number of nitrogens with one attached hydrogen (secondary N) is 2. The maximum absolute atomic E-state index is 12.2. The molecule has 0 heterocycles. The zero-order valence-electron chi connectivity index (χ0n) is 12.2. The van der Waals surface area contributed by atoms with Crippen LogP contribution in [0.25, 0.3) is 0 Å². The molecule has 0 radical (unpaired) electrons. The van der Waals surface area contributed by atoms with Crippen molar-refractivity contribution in [3.8, 4) is 0 Å². The standard InChI is InChI=1S/C15H22N2O3/c1-15(2,12-7-5-4-6-8-12)14(19)17-11-13(18)16-9-10-20-3/h4-8H,9-11H2,1-3H3,(H,16,18)(H,17,19). The molecular weight excluding hydrogens is 256 g/mol. The predicted octanol–water partition coefficient (Wildman–Crippen LogP) is 0.843. The number of carbonyl (C=O) groups is 2. The van der Waals surface area contributed by atoms with E-state index in [4.69, 9.17) is 4.74 Å². The van der Waals surface area contributed by atoms with Gasteiger partial charge in [-0.2, -0.15) is 0 Å². The Morgan fingerprint density at radius 3 is 2.40 bits per heavy atom. The summed E-state index contributed by atoms with van der Waals surface area (Å²) >= 11 is 0. The third kappa shape index (κ3) is 4.66. The molecule has 20 heavy (non-hydrogen) atoms. The van der Waals surface area contributed by atoms with E-state index in [0.717, 1.165) is 5.56 Å². The number of benzene rings is 1. The van der Waals surface area contributed by atoms with Crippen molar-refractivity contribution in [2.45, 2.75) is 19.3 Å². The zero-order chi connectivity index (χ0) is 15.0. The Hall–Kier alpha value is -1.88. The molecule has 0 aromatic heterocycles. The highest BCUT2D eigenvalue weighted by atomic mass is 16.5. The summed E-state index contributed by atoms with van der Waals surface area (Å²) in [5, 5.41) is 5.31.